The van der Waals surface area contributed by atoms with E-state index in [0.717, 1.165) is 23.1 Å². The summed E-state index contributed by atoms with van der Waals surface area (Å²) in [6.45, 7) is 6.18. The van der Waals surface area contributed by atoms with Gasteiger partial charge in [0.25, 0.3) is 0 Å². The third-order valence-electron chi connectivity index (χ3n) is 6.26. The van der Waals surface area contributed by atoms with E-state index in [2.05, 4.69) is 38.0 Å². The van der Waals surface area contributed by atoms with Gasteiger partial charge in [0.15, 0.2) is 0 Å². The predicted molar refractivity (Wildman–Crippen MR) is 130 cm³/mol. The van der Waals surface area contributed by atoms with E-state index in [4.69, 9.17) is 9.47 Å². The van der Waals surface area contributed by atoms with Gasteiger partial charge in [0.2, 0.25) is 0 Å². The molecule has 6 nitrogen and oxygen atoms in total. The minimum atomic E-state index is -0.691. The molecule has 0 bridgehead atoms. The van der Waals surface area contributed by atoms with Crippen molar-refractivity contribution >= 4 is 33.6 Å². The summed E-state index contributed by atoms with van der Waals surface area (Å²) in [5, 5.41) is 0. The molecule has 0 fully saturated rings. The van der Waals surface area contributed by atoms with Gasteiger partial charge in [-0.05, 0) is 42.7 Å². The van der Waals surface area contributed by atoms with E-state index in [-0.39, 0.29) is 6.61 Å². The van der Waals surface area contributed by atoms with Crippen molar-refractivity contribution in [1.29, 1.82) is 0 Å². The van der Waals surface area contributed by atoms with E-state index in [1.807, 2.05) is 36.4 Å². The zero-order valence-electron chi connectivity index (χ0n) is 19.0. The average molecular weight is 511 g/mol. The molecule has 2 atom stereocenters. The smallest absolute Gasteiger partial charge is 0.336 e. The van der Waals surface area contributed by atoms with E-state index >= 15 is 0 Å². The number of allylic oxidation sites excluding steroid dienone is 1. The standard InChI is InChI=1S/C26H27BrN2O4/c1-16-22(25(30)32-3)24(18-9-6-10-21(27)13-18)23(17(2)28-16)26(31)33-12-11-29-14-19-7-4-5-8-20(19)15-29/h4-10,13,22,24H,11-12,14-15H2,1-3H3. The van der Waals surface area contributed by atoms with Crippen molar-refractivity contribution < 1.29 is 19.1 Å². The number of methoxy groups -OCH3 is 1. The number of ether oxygens (including phenoxy) is 2. The third kappa shape index (κ3) is 4.94. The number of aliphatic imine (C=N–C) groups is 1. The molecule has 2 unspecified atom stereocenters. The Hall–Kier alpha value is -2.77. The molecule has 4 rings (SSSR count). The Morgan fingerprint density at radius 1 is 1.09 bits per heavy atom. The second-order valence-corrected chi connectivity index (χ2v) is 9.32. The van der Waals surface area contributed by atoms with Crippen LogP contribution in [0.4, 0.5) is 0 Å². The van der Waals surface area contributed by atoms with E-state index in [1.54, 1.807) is 13.8 Å². The third-order valence-corrected chi connectivity index (χ3v) is 6.75. The minimum Gasteiger partial charge on any atom is -0.468 e. The number of rotatable bonds is 6. The normalized spacial score (nSPS) is 20.3. The first-order chi connectivity index (χ1) is 15.9. The van der Waals surface area contributed by atoms with E-state index < -0.39 is 23.8 Å². The zero-order chi connectivity index (χ0) is 23.5. The van der Waals surface area contributed by atoms with Gasteiger partial charge in [-0.1, -0.05) is 52.3 Å². The van der Waals surface area contributed by atoms with Crippen molar-refractivity contribution in [2.45, 2.75) is 32.9 Å². The molecule has 0 saturated heterocycles. The topological polar surface area (TPSA) is 68.2 Å². The molecule has 33 heavy (non-hydrogen) atoms. The molecule has 172 valence electrons. The van der Waals surface area contributed by atoms with Gasteiger partial charge in [0.05, 0.1) is 12.7 Å². The fourth-order valence-corrected chi connectivity index (χ4v) is 5.12. The van der Waals surface area contributed by atoms with Crippen LogP contribution in [0.5, 0.6) is 0 Å². The second kappa shape index (κ2) is 10.0. The highest BCUT2D eigenvalue weighted by atomic mass is 79.9. The number of nitrogens with zero attached hydrogens (tertiary/aromatic N) is 2. The lowest BCUT2D eigenvalue weighted by Crippen LogP contribution is -2.36. The number of halogens is 1. The van der Waals surface area contributed by atoms with E-state index in [1.165, 1.54) is 18.2 Å². The van der Waals surface area contributed by atoms with Gasteiger partial charge in [-0.2, -0.15) is 0 Å². The van der Waals surface area contributed by atoms with E-state index in [0.29, 0.717) is 23.5 Å². The van der Waals surface area contributed by atoms with Crippen molar-refractivity contribution in [3.05, 3.63) is 81.0 Å². The largest absolute Gasteiger partial charge is 0.468 e. The molecule has 2 aliphatic heterocycles. The first kappa shape index (κ1) is 23.4. The number of fused-ring (bicyclic) bond motifs is 1. The molecule has 0 spiro atoms. The van der Waals surface area contributed by atoms with Crippen LogP contribution in [0.15, 0.2) is 69.3 Å². The van der Waals surface area contributed by atoms with Crippen LogP contribution < -0.4 is 0 Å². The maximum atomic E-state index is 13.3. The SMILES string of the molecule is COC(=O)C1C(C)=NC(C)=C(C(=O)OCCN2Cc3ccccc3C2)C1c1cccc(Br)c1. The summed E-state index contributed by atoms with van der Waals surface area (Å²) >= 11 is 3.50. The van der Waals surface area contributed by atoms with Crippen LogP contribution in [-0.4, -0.2) is 42.8 Å². The highest BCUT2D eigenvalue weighted by molar-refractivity contribution is 9.10. The first-order valence-electron chi connectivity index (χ1n) is 10.9. The summed E-state index contributed by atoms with van der Waals surface area (Å²) in [5.74, 6) is -2.09. The number of hydrogen-bond acceptors (Lipinski definition) is 6. The van der Waals surface area contributed by atoms with Crippen LogP contribution >= 0.6 is 15.9 Å². The van der Waals surface area contributed by atoms with Crippen molar-refractivity contribution in [2.75, 3.05) is 20.3 Å². The Morgan fingerprint density at radius 3 is 2.42 bits per heavy atom. The molecule has 2 aromatic carbocycles. The summed E-state index contributed by atoms with van der Waals surface area (Å²) in [6.07, 6.45) is 0. The van der Waals surface area contributed by atoms with Crippen molar-refractivity contribution in [2.24, 2.45) is 10.9 Å². The van der Waals surface area contributed by atoms with Crippen molar-refractivity contribution in [1.82, 2.24) is 4.90 Å². The highest BCUT2D eigenvalue weighted by Crippen LogP contribution is 2.40. The van der Waals surface area contributed by atoms with Gasteiger partial charge in [-0.25, -0.2) is 4.79 Å². The second-order valence-electron chi connectivity index (χ2n) is 8.40. The molecule has 2 aliphatic rings. The first-order valence-corrected chi connectivity index (χ1v) is 11.7. The van der Waals surface area contributed by atoms with Crippen LogP contribution in [0, 0.1) is 5.92 Å². The van der Waals surface area contributed by atoms with E-state index in [9.17, 15) is 9.59 Å². The van der Waals surface area contributed by atoms with Crippen LogP contribution in [0.3, 0.4) is 0 Å². The van der Waals surface area contributed by atoms with Crippen LogP contribution in [-0.2, 0) is 32.2 Å². The lowest BCUT2D eigenvalue weighted by molar-refractivity contribution is -0.144. The highest BCUT2D eigenvalue weighted by Gasteiger charge is 2.42. The van der Waals surface area contributed by atoms with Gasteiger partial charge in [-0.15, -0.1) is 0 Å². The van der Waals surface area contributed by atoms with Gasteiger partial charge in [-0.3, -0.25) is 14.7 Å². The van der Waals surface area contributed by atoms with Gasteiger partial charge in [0.1, 0.15) is 12.5 Å². The van der Waals surface area contributed by atoms with Crippen molar-refractivity contribution in [3.8, 4) is 0 Å². The molecule has 2 aromatic rings. The number of carbonyl (C=O) groups is 2. The Balaban J connectivity index is 1.53. The van der Waals surface area contributed by atoms with Gasteiger partial charge < -0.3 is 9.47 Å². The maximum absolute atomic E-state index is 13.3. The Bertz CT molecular complexity index is 1120. The van der Waals surface area contributed by atoms with Crippen LogP contribution in [0.25, 0.3) is 0 Å². The molecule has 0 radical (unpaired) electrons. The lowest BCUT2D eigenvalue weighted by atomic mass is 9.75. The monoisotopic (exact) mass is 510 g/mol. The molecule has 0 saturated carbocycles. The summed E-state index contributed by atoms with van der Waals surface area (Å²) in [5.41, 5.74) is 5.05. The summed E-state index contributed by atoms with van der Waals surface area (Å²) < 4.78 is 11.7. The van der Waals surface area contributed by atoms with Crippen LogP contribution in [0.2, 0.25) is 0 Å². The zero-order valence-corrected chi connectivity index (χ0v) is 20.6. The summed E-state index contributed by atoms with van der Waals surface area (Å²) in [6, 6.07) is 16.0. The number of hydrogen-bond donors (Lipinski definition) is 0. The fourth-order valence-electron chi connectivity index (χ4n) is 4.70. The Kier molecular flexibility index (Phi) is 7.10. The Labute approximate surface area is 202 Å². The number of benzene rings is 2. The van der Waals surface area contributed by atoms with Gasteiger partial charge in [0, 0.05) is 41.4 Å². The predicted octanol–water partition coefficient (Wildman–Crippen LogP) is 4.63. The molecule has 7 heteroatoms. The molecule has 0 aromatic heterocycles. The van der Waals surface area contributed by atoms with Gasteiger partial charge >= 0.3 is 11.9 Å². The minimum absolute atomic E-state index is 0.264. The average Bonchev–Trinajstić information content (AvgIpc) is 3.20. The summed E-state index contributed by atoms with van der Waals surface area (Å²) in [7, 11) is 1.35. The van der Waals surface area contributed by atoms with Crippen LogP contribution in [0.1, 0.15) is 36.5 Å². The molecule has 0 N–H and O–H groups in total. The number of carbonyl (C=O) groups excluding carboxylic acids is 2. The molecule has 2 heterocycles. The van der Waals surface area contributed by atoms with Crippen molar-refractivity contribution in [3.63, 3.8) is 0 Å². The number of esters is 2. The lowest BCUT2D eigenvalue weighted by Gasteiger charge is -2.31. The Morgan fingerprint density at radius 2 is 1.79 bits per heavy atom. The summed E-state index contributed by atoms with van der Waals surface area (Å²) in [4.78, 5) is 32.8. The maximum Gasteiger partial charge on any atom is 0.336 e. The molecular formula is C26H27BrN2O4. The molecular weight excluding hydrogens is 484 g/mol. The molecule has 0 aliphatic carbocycles. The fraction of sp³-hybridized carbons (Fsp3) is 0.346. The molecule has 0 amide bonds. The quantitative estimate of drug-likeness (QED) is 0.530.